The molecule has 2 aromatic rings. The fourth-order valence-corrected chi connectivity index (χ4v) is 2.12. The third-order valence-electron chi connectivity index (χ3n) is 3.36. The molecule has 0 heterocycles. The molecule has 1 N–H and O–H groups in total. The number of halogens is 3. The normalized spacial score (nSPS) is 11.9. The number of hydrogen-bond acceptors (Lipinski definition) is 3. The van der Waals surface area contributed by atoms with E-state index < -0.39 is 12.5 Å². The Balaban J connectivity index is 2.12. The highest BCUT2D eigenvalue weighted by Gasteiger charge is 2.16. The molecule has 128 valence electrons. The number of benzene rings is 2. The van der Waals surface area contributed by atoms with Gasteiger partial charge in [0.05, 0.1) is 13.2 Å². The summed E-state index contributed by atoms with van der Waals surface area (Å²) in [5.74, 6) is -0.918. The lowest BCUT2D eigenvalue weighted by Crippen LogP contribution is -2.26. The van der Waals surface area contributed by atoms with Gasteiger partial charge < -0.3 is 14.8 Å². The second-order valence-electron chi connectivity index (χ2n) is 4.99. The van der Waals surface area contributed by atoms with Gasteiger partial charge in [-0.15, -0.1) is 0 Å². The topological polar surface area (TPSA) is 47.6 Å². The Labute approximate surface area is 137 Å². The quantitative estimate of drug-likeness (QED) is 0.867. The molecule has 2 rings (SSSR count). The highest BCUT2D eigenvalue weighted by molar-refractivity contribution is 5.95. The van der Waals surface area contributed by atoms with Gasteiger partial charge in [0.15, 0.2) is 11.5 Å². The van der Waals surface area contributed by atoms with Crippen LogP contribution in [0.5, 0.6) is 11.5 Å². The molecule has 0 radical (unpaired) electrons. The third kappa shape index (κ3) is 4.41. The summed E-state index contributed by atoms with van der Waals surface area (Å²) in [5, 5.41) is 2.74. The summed E-state index contributed by atoms with van der Waals surface area (Å²) in [7, 11) is 1.29. The van der Waals surface area contributed by atoms with Gasteiger partial charge in [0, 0.05) is 5.56 Å². The van der Waals surface area contributed by atoms with Gasteiger partial charge in [-0.25, -0.2) is 4.39 Å². The van der Waals surface area contributed by atoms with Crippen LogP contribution >= 0.6 is 0 Å². The smallest absolute Gasteiger partial charge is 0.387 e. The number of alkyl halides is 2. The lowest BCUT2D eigenvalue weighted by molar-refractivity contribution is -0.0512. The Hall–Kier alpha value is -2.70. The maximum atomic E-state index is 12.9. The number of nitrogens with one attached hydrogen (secondary N) is 1. The zero-order valence-corrected chi connectivity index (χ0v) is 13.1. The summed E-state index contributed by atoms with van der Waals surface area (Å²) in [6.45, 7) is -1.24. The van der Waals surface area contributed by atoms with Gasteiger partial charge in [0.2, 0.25) is 0 Å². The highest BCUT2D eigenvalue weighted by atomic mass is 19.3. The van der Waals surface area contributed by atoms with Crippen molar-refractivity contribution in [2.75, 3.05) is 7.11 Å². The minimum atomic E-state index is -2.99. The number of rotatable bonds is 6. The zero-order valence-electron chi connectivity index (χ0n) is 13.1. The summed E-state index contributed by atoms with van der Waals surface area (Å²) in [4.78, 5) is 12.3. The summed E-state index contributed by atoms with van der Waals surface area (Å²) in [6.07, 6.45) is 0. The molecule has 4 nitrogen and oxygen atoms in total. The summed E-state index contributed by atoms with van der Waals surface area (Å²) in [6, 6.07) is 9.29. The van der Waals surface area contributed by atoms with Crippen molar-refractivity contribution in [3.63, 3.8) is 0 Å². The first kappa shape index (κ1) is 17.7. The molecular weight excluding hydrogens is 323 g/mol. The maximum absolute atomic E-state index is 12.9. The zero-order chi connectivity index (χ0) is 17.7. The Morgan fingerprint density at radius 3 is 2.33 bits per heavy atom. The average Bonchev–Trinajstić information content (AvgIpc) is 2.55. The van der Waals surface area contributed by atoms with Gasteiger partial charge >= 0.3 is 6.61 Å². The number of amides is 1. The van der Waals surface area contributed by atoms with E-state index in [9.17, 15) is 18.0 Å². The molecule has 0 aliphatic rings. The molecule has 1 amide bonds. The fourth-order valence-electron chi connectivity index (χ4n) is 2.12. The summed E-state index contributed by atoms with van der Waals surface area (Å²) < 4.78 is 46.8. The van der Waals surface area contributed by atoms with Crippen LogP contribution in [0.1, 0.15) is 28.9 Å². The van der Waals surface area contributed by atoms with Crippen LogP contribution in [0, 0.1) is 5.82 Å². The fraction of sp³-hybridized carbons (Fsp3) is 0.235. The first-order valence-electron chi connectivity index (χ1n) is 7.10. The van der Waals surface area contributed by atoms with Gasteiger partial charge in [-0.2, -0.15) is 8.78 Å². The standard InChI is InChI=1S/C17H16F3NO3/c1-10(11-3-6-13(18)7-4-11)21-16(22)12-5-8-14(24-17(19)20)15(9-12)23-2/h3-10,17H,1-2H3,(H,21,22)/t10-/m1/s1. The van der Waals surface area contributed by atoms with Crippen LogP contribution in [-0.2, 0) is 0 Å². The molecule has 0 aliphatic heterocycles. The Morgan fingerprint density at radius 2 is 1.75 bits per heavy atom. The van der Waals surface area contributed by atoms with Crippen LogP contribution in [0.3, 0.4) is 0 Å². The van der Waals surface area contributed by atoms with Crippen molar-refractivity contribution in [3.8, 4) is 11.5 Å². The molecule has 24 heavy (non-hydrogen) atoms. The van der Waals surface area contributed by atoms with E-state index >= 15 is 0 Å². The molecule has 0 aromatic heterocycles. The first-order chi connectivity index (χ1) is 11.4. The molecule has 0 aliphatic carbocycles. The molecular formula is C17H16F3NO3. The number of carbonyl (C=O) groups is 1. The lowest BCUT2D eigenvalue weighted by atomic mass is 10.1. The van der Waals surface area contributed by atoms with Crippen molar-refractivity contribution in [2.24, 2.45) is 0 Å². The highest BCUT2D eigenvalue weighted by Crippen LogP contribution is 2.29. The van der Waals surface area contributed by atoms with Gasteiger partial charge in [-0.1, -0.05) is 12.1 Å². The third-order valence-corrected chi connectivity index (χ3v) is 3.36. The number of methoxy groups -OCH3 is 1. The Kier molecular flexibility index (Phi) is 5.68. The van der Waals surface area contributed by atoms with Crippen molar-refractivity contribution in [2.45, 2.75) is 19.6 Å². The van der Waals surface area contributed by atoms with E-state index in [-0.39, 0.29) is 28.9 Å². The summed E-state index contributed by atoms with van der Waals surface area (Å²) >= 11 is 0. The molecule has 7 heteroatoms. The first-order valence-corrected chi connectivity index (χ1v) is 7.10. The second kappa shape index (κ2) is 7.72. The average molecular weight is 339 g/mol. The predicted molar refractivity (Wildman–Crippen MR) is 81.9 cm³/mol. The number of hydrogen-bond donors (Lipinski definition) is 1. The number of ether oxygens (including phenoxy) is 2. The molecule has 2 aromatic carbocycles. The van der Waals surface area contributed by atoms with E-state index in [4.69, 9.17) is 4.74 Å². The van der Waals surface area contributed by atoms with E-state index in [1.165, 1.54) is 37.4 Å². The van der Waals surface area contributed by atoms with E-state index in [0.717, 1.165) is 5.56 Å². The molecule has 0 unspecified atom stereocenters. The van der Waals surface area contributed by atoms with E-state index in [1.54, 1.807) is 19.1 Å². The van der Waals surface area contributed by atoms with Crippen LogP contribution in [0.25, 0.3) is 0 Å². The van der Waals surface area contributed by atoms with Crippen molar-refractivity contribution < 1.29 is 27.4 Å². The SMILES string of the molecule is COc1cc(C(=O)N[C@H](C)c2ccc(F)cc2)ccc1OC(F)F. The van der Waals surface area contributed by atoms with Gasteiger partial charge in [-0.3, -0.25) is 4.79 Å². The van der Waals surface area contributed by atoms with Crippen LogP contribution in [0.2, 0.25) is 0 Å². The predicted octanol–water partition coefficient (Wildman–Crippen LogP) is 3.93. The van der Waals surface area contributed by atoms with Crippen LogP contribution in [0.15, 0.2) is 42.5 Å². The van der Waals surface area contributed by atoms with E-state index in [1.807, 2.05) is 0 Å². The largest absolute Gasteiger partial charge is 0.493 e. The van der Waals surface area contributed by atoms with Crippen molar-refractivity contribution in [1.82, 2.24) is 5.32 Å². The van der Waals surface area contributed by atoms with Crippen molar-refractivity contribution in [3.05, 3.63) is 59.4 Å². The molecule has 0 bridgehead atoms. The molecule has 0 spiro atoms. The van der Waals surface area contributed by atoms with Gasteiger partial charge in [0.25, 0.3) is 5.91 Å². The maximum Gasteiger partial charge on any atom is 0.387 e. The van der Waals surface area contributed by atoms with Crippen LogP contribution in [-0.4, -0.2) is 19.6 Å². The van der Waals surface area contributed by atoms with Gasteiger partial charge in [0.1, 0.15) is 5.82 Å². The molecule has 1 atom stereocenters. The van der Waals surface area contributed by atoms with Crippen molar-refractivity contribution >= 4 is 5.91 Å². The lowest BCUT2D eigenvalue weighted by Gasteiger charge is -2.15. The van der Waals surface area contributed by atoms with Crippen molar-refractivity contribution in [1.29, 1.82) is 0 Å². The molecule has 0 saturated heterocycles. The Bertz CT molecular complexity index is 705. The van der Waals surface area contributed by atoms with E-state index in [2.05, 4.69) is 10.1 Å². The van der Waals surface area contributed by atoms with Crippen LogP contribution < -0.4 is 14.8 Å². The van der Waals surface area contributed by atoms with E-state index in [0.29, 0.717) is 0 Å². The minimum absolute atomic E-state index is 0.0254. The van der Waals surface area contributed by atoms with Gasteiger partial charge in [-0.05, 0) is 42.8 Å². The molecule has 0 fully saturated rings. The monoisotopic (exact) mass is 339 g/mol. The minimum Gasteiger partial charge on any atom is -0.493 e. The van der Waals surface area contributed by atoms with Crippen LogP contribution in [0.4, 0.5) is 13.2 Å². The molecule has 0 saturated carbocycles. The number of carbonyl (C=O) groups excluding carboxylic acids is 1. The summed E-state index contributed by atoms with van der Waals surface area (Å²) in [5.41, 5.74) is 0.955. The Morgan fingerprint density at radius 1 is 1.08 bits per heavy atom. The second-order valence-corrected chi connectivity index (χ2v) is 4.99.